The molecular formula is C12H16O. The third-order valence-corrected chi connectivity index (χ3v) is 2.49. The van der Waals surface area contributed by atoms with Gasteiger partial charge in [0.15, 0.2) is 0 Å². The topological polar surface area (TPSA) is 12.5 Å². The van der Waals surface area contributed by atoms with Crippen LogP contribution in [-0.2, 0) is 17.6 Å². The largest absolute Gasteiger partial charge is 0.373 e. The number of aryl methyl sites for hydroxylation is 1. The Morgan fingerprint density at radius 1 is 1.31 bits per heavy atom. The highest BCUT2D eigenvalue weighted by Gasteiger charge is 2.23. The van der Waals surface area contributed by atoms with Crippen LogP contribution in [0.25, 0.3) is 0 Å². The summed E-state index contributed by atoms with van der Waals surface area (Å²) in [5.74, 6) is 0. The van der Waals surface area contributed by atoms with Crippen LogP contribution in [0, 0.1) is 0 Å². The molecule has 1 aromatic carbocycles. The van der Waals surface area contributed by atoms with Crippen LogP contribution in [0.2, 0.25) is 0 Å². The minimum Gasteiger partial charge on any atom is -0.373 e. The smallest absolute Gasteiger partial charge is 0.0850 e. The van der Waals surface area contributed by atoms with Gasteiger partial charge >= 0.3 is 0 Å². The molecule has 1 saturated heterocycles. The normalized spacial score (nSPS) is 20.2. The summed E-state index contributed by atoms with van der Waals surface area (Å²) in [5, 5.41) is 0. The Hall–Kier alpha value is -0.820. The average Bonchev–Trinajstić information content (AvgIpc) is 2.93. The van der Waals surface area contributed by atoms with Gasteiger partial charge < -0.3 is 4.74 Å². The molecule has 1 nitrogen and oxygen atoms in total. The first-order valence-corrected chi connectivity index (χ1v) is 5.08. The van der Waals surface area contributed by atoms with Gasteiger partial charge in [-0.1, -0.05) is 37.6 Å². The summed E-state index contributed by atoms with van der Waals surface area (Å²) in [6.07, 6.45) is 4.04. The first-order valence-electron chi connectivity index (χ1n) is 5.08. The fourth-order valence-corrected chi connectivity index (χ4v) is 1.70. The maximum Gasteiger partial charge on any atom is 0.0850 e. The Labute approximate surface area is 79.7 Å². The summed E-state index contributed by atoms with van der Waals surface area (Å²) in [5.41, 5.74) is 2.98. The molecule has 1 unspecified atom stereocenters. The van der Waals surface area contributed by atoms with Gasteiger partial charge in [0.1, 0.15) is 0 Å². The molecule has 1 fully saturated rings. The van der Waals surface area contributed by atoms with Crippen molar-refractivity contribution in [2.45, 2.75) is 32.3 Å². The van der Waals surface area contributed by atoms with Crippen LogP contribution in [0.15, 0.2) is 24.3 Å². The van der Waals surface area contributed by atoms with Crippen LogP contribution in [0.1, 0.15) is 24.5 Å². The molecule has 1 aliphatic rings. The van der Waals surface area contributed by atoms with Gasteiger partial charge in [0.25, 0.3) is 0 Å². The highest BCUT2D eigenvalue weighted by atomic mass is 16.6. The molecule has 0 spiro atoms. The van der Waals surface area contributed by atoms with Gasteiger partial charge in [-0.25, -0.2) is 0 Å². The Balaban J connectivity index is 2.10. The zero-order valence-corrected chi connectivity index (χ0v) is 8.12. The molecule has 1 atom stereocenters. The minimum absolute atomic E-state index is 0.512. The summed E-state index contributed by atoms with van der Waals surface area (Å²) in [4.78, 5) is 0. The van der Waals surface area contributed by atoms with E-state index in [2.05, 4.69) is 31.2 Å². The average molecular weight is 176 g/mol. The number of ether oxygens (including phenoxy) is 1. The molecule has 1 aliphatic heterocycles. The minimum atomic E-state index is 0.512. The summed E-state index contributed by atoms with van der Waals surface area (Å²) in [7, 11) is 0. The second-order valence-corrected chi connectivity index (χ2v) is 3.68. The Bertz CT molecular complexity index is 276. The second-order valence-electron chi connectivity index (χ2n) is 3.68. The predicted molar refractivity (Wildman–Crippen MR) is 53.9 cm³/mol. The van der Waals surface area contributed by atoms with Gasteiger partial charge in [-0.05, 0) is 17.5 Å². The van der Waals surface area contributed by atoms with Crippen molar-refractivity contribution in [3.63, 3.8) is 0 Å². The summed E-state index contributed by atoms with van der Waals surface area (Å²) in [6.45, 7) is 3.19. The molecule has 0 amide bonds. The van der Waals surface area contributed by atoms with Crippen molar-refractivity contribution in [2.24, 2.45) is 0 Å². The third-order valence-electron chi connectivity index (χ3n) is 2.49. The fraction of sp³-hybridized carbons (Fsp3) is 0.500. The van der Waals surface area contributed by atoms with Crippen molar-refractivity contribution in [3.8, 4) is 0 Å². The molecule has 13 heavy (non-hydrogen) atoms. The van der Waals surface area contributed by atoms with E-state index in [1.165, 1.54) is 24.0 Å². The van der Waals surface area contributed by atoms with E-state index >= 15 is 0 Å². The summed E-state index contributed by atoms with van der Waals surface area (Å²) < 4.78 is 5.25. The molecule has 0 aromatic heterocycles. The van der Waals surface area contributed by atoms with E-state index in [1.54, 1.807) is 0 Å². The zero-order chi connectivity index (χ0) is 9.10. The van der Waals surface area contributed by atoms with Crippen molar-refractivity contribution in [2.75, 3.05) is 6.61 Å². The van der Waals surface area contributed by atoms with Crippen molar-refractivity contribution >= 4 is 0 Å². The molecule has 1 aromatic rings. The number of epoxide rings is 1. The van der Waals surface area contributed by atoms with E-state index in [9.17, 15) is 0 Å². The second kappa shape index (κ2) is 3.93. The van der Waals surface area contributed by atoms with Crippen molar-refractivity contribution in [1.29, 1.82) is 0 Å². The third kappa shape index (κ3) is 2.31. The summed E-state index contributed by atoms with van der Waals surface area (Å²) >= 11 is 0. The number of hydrogen-bond donors (Lipinski definition) is 0. The van der Waals surface area contributed by atoms with Crippen LogP contribution in [-0.4, -0.2) is 12.7 Å². The van der Waals surface area contributed by atoms with E-state index in [4.69, 9.17) is 4.74 Å². The van der Waals surface area contributed by atoms with Crippen LogP contribution in [0.4, 0.5) is 0 Å². The lowest BCUT2D eigenvalue weighted by Crippen LogP contribution is -1.98. The molecule has 0 N–H and O–H groups in total. The SMILES string of the molecule is CCCc1ccccc1CC1CO1. The highest BCUT2D eigenvalue weighted by Crippen LogP contribution is 2.19. The lowest BCUT2D eigenvalue weighted by molar-refractivity contribution is 0.407. The van der Waals surface area contributed by atoms with E-state index in [0.29, 0.717) is 6.10 Å². The molecule has 0 saturated carbocycles. The van der Waals surface area contributed by atoms with Crippen molar-refractivity contribution < 1.29 is 4.74 Å². The van der Waals surface area contributed by atoms with E-state index in [-0.39, 0.29) is 0 Å². The van der Waals surface area contributed by atoms with Gasteiger partial charge in [-0.3, -0.25) is 0 Å². The zero-order valence-electron chi connectivity index (χ0n) is 8.12. The van der Waals surface area contributed by atoms with Crippen molar-refractivity contribution in [3.05, 3.63) is 35.4 Å². The Morgan fingerprint density at radius 2 is 2.00 bits per heavy atom. The molecule has 0 bridgehead atoms. The molecule has 1 heterocycles. The van der Waals surface area contributed by atoms with Gasteiger partial charge in [-0.15, -0.1) is 0 Å². The first kappa shape index (κ1) is 8.76. The molecule has 0 radical (unpaired) electrons. The fourth-order valence-electron chi connectivity index (χ4n) is 1.70. The van der Waals surface area contributed by atoms with Crippen LogP contribution in [0.3, 0.4) is 0 Å². The monoisotopic (exact) mass is 176 g/mol. The van der Waals surface area contributed by atoms with Crippen LogP contribution < -0.4 is 0 Å². The van der Waals surface area contributed by atoms with Gasteiger partial charge in [0, 0.05) is 6.42 Å². The Morgan fingerprint density at radius 3 is 2.62 bits per heavy atom. The van der Waals surface area contributed by atoms with Crippen molar-refractivity contribution in [1.82, 2.24) is 0 Å². The van der Waals surface area contributed by atoms with E-state index in [1.807, 2.05) is 0 Å². The quantitative estimate of drug-likeness (QED) is 0.642. The number of rotatable bonds is 4. The molecule has 1 heteroatoms. The first-order chi connectivity index (χ1) is 6.40. The van der Waals surface area contributed by atoms with Crippen LogP contribution in [0.5, 0.6) is 0 Å². The number of hydrogen-bond acceptors (Lipinski definition) is 1. The lowest BCUT2D eigenvalue weighted by Gasteiger charge is -2.06. The summed E-state index contributed by atoms with van der Waals surface area (Å²) in [6, 6.07) is 8.72. The molecule has 70 valence electrons. The molecule has 2 rings (SSSR count). The lowest BCUT2D eigenvalue weighted by atomic mass is 10.00. The highest BCUT2D eigenvalue weighted by molar-refractivity contribution is 5.28. The Kier molecular flexibility index (Phi) is 2.65. The molecular weight excluding hydrogens is 160 g/mol. The maximum absolute atomic E-state index is 5.25. The van der Waals surface area contributed by atoms with E-state index < -0.39 is 0 Å². The molecule has 0 aliphatic carbocycles. The maximum atomic E-state index is 5.25. The van der Waals surface area contributed by atoms with Gasteiger partial charge in [-0.2, -0.15) is 0 Å². The number of benzene rings is 1. The predicted octanol–water partition coefficient (Wildman–Crippen LogP) is 2.58. The van der Waals surface area contributed by atoms with Gasteiger partial charge in [0.2, 0.25) is 0 Å². The van der Waals surface area contributed by atoms with Crippen LogP contribution >= 0.6 is 0 Å². The standard InChI is InChI=1S/C12H16O/c1-2-5-10-6-3-4-7-11(10)8-12-9-13-12/h3-4,6-7,12H,2,5,8-9H2,1H3. The van der Waals surface area contributed by atoms with E-state index in [0.717, 1.165) is 13.0 Å². The van der Waals surface area contributed by atoms with Gasteiger partial charge in [0.05, 0.1) is 12.7 Å².